The molecule has 0 heterocycles. The number of hydrazone groups is 1. The summed E-state index contributed by atoms with van der Waals surface area (Å²) in [7, 11) is -3.15. The van der Waals surface area contributed by atoms with E-state index in [1.165, 1.54) is 11.1 Å². The Hall–Kier alpha value is -2.89. The molecular weight excluding hydrogens is 452 g/mol. The van der Waals surface area contributed by atoms with Crippen molar-refractivity contribution in [1.82, 2.24) is 0 Å². The smallest absolute Gasteiger partial charge is 0.335 e. The van der Waals surface area contributed by atoms with Gasteiger partial charge in [-0.05, 0) is 48.1 Å². The Labute approximate surface area is 190 Å². The van der Waals surface area contributed by atoms with E-state index < -0.39 is 15.8 Å². The first-order valence-electron chi connectivity index (χ1n) is 9.71. The Morgan fingerprint density at radius 2 is 1.78 bits per heavy atom. The fraction of sp³-hybridized carbons (Fsp3) is 0.286. The van der Waals surface area contributed by atoms with E-state index in [9.17, 15) is 23.1 Å². The van der Waals surface area contributed by atoms with Gasteiger partial charge in [0.2, 0.25) is 5.17 Å². The topological polar surface area (TPSA) is 156 Å². The summed E-state index contributed by atoms with van der Waals surface area (Å²) in [5.41, 5.74) is 2.61. The number of sulfone groups is 1. The maximum absolute atomic E-state index is 12.6. The fourth-order valence-electron chi connectivity index (χ4n) is 3.20. The number of carboxylic acid groups (broad SMARTS) is 1. The number of carbonyl (C=O) groups is 2. The highest BCUT2D eigenvalue weighted by Gasteiger charge is 2.29. The Morgan fingerprint density at radius 1 is 1.16 bits per heavy atom. The maximum Gasteiger partial charge on any atom is 0.335 e. The number of rotatable bonds is 8. The van der Waals surface area contributed by atoms with Crippen LogP contribution in [-0.2, 0) is 15.6 Å². The predicted octanol–water partition coefficient (Wildman–Crippen LogP) is 2.33. The molecule has 0 unspecified atom stereocenters. The molecule has 0 radical (unpaired) electrons. The molecule has 5 N–H and O–H groups in total. The number of hydrogen-bond donors (Lipinski definition) is 3. The number of benzene rings is 2. The zero-order valence-corrected chi connectivity index (χ0v) is 19.0. The average Bonchev–Trinajstić information content (AvgIpc) is 3.58. The van der Waals surface area contributed by atoms with Crippen LogP contribution in [0.3, 0.4) is 0 Å². The molecule has 32 heavy (non-hydrogen) atoms. The van der Waals surface area contributed by atoms with Crippen LogP contribution in [0.4, 0.5) is 5.69 Å². The predicted molar refractivity (Wildman–Crippen MR) is 125 cm³/mol. The minimum absolute atomic E-state index is 0.0150. The van der Waals surface area contributed by atoms with E-state index in [2.05, 4.69) is 5.10 Å². The summed E-state index contributed by atoms with van der Waals surface area (Å²) >= 11 is 1.06. The number of aromatic carboxylic acids is 1. The van der Waals surface area contributed by atoms with Crippen molar-refractivity contribution in [2.24, 2.45) is 16.8 Å². The van der Waals surface area contributed by atoms with Gasteiger partial charge in [0.25, 0.3) is 0 Å². The van der Waals surface area contributed by atoms with Gasteiger partial charge in [0.05, 0.1) is 22.8 Å². The molecular formula is C21H24N4O5S2. The van der Waals surface area contributed by atoms with E-state index in [1.807, 2.05) is 0 Å². The van der Waals surface area contributed by atoms with E-state index in [-0.39, 0.29) is 33.9 Å². The third-order valence-electron chi connectivity index (χ3n) is 4.90. The zero-order chi connectivity index (χ0) is 23.5. The van der Waals surface area contributed by atoms with Gasteiger partial charge in [-0.3, -0.25) is 9.80 Å². The molecule has 0 atom stereocenters. The molecule has 1 aliphatic rings. The van der Waals surface area contributed by atoms with Crippen LogP contribution in [-0.4, -0.2) is 42.5 Å². The Morgan fingerprint density at radius 3 is 2.31 bits per heavy atom. The van der Waals surface area contributed by atoms with Crippen LogP contribution in [0.2, 0.25) is 0 Å². The molecule has 0 saturated heterocycles. The molecule has 0 bridgehead atoms. The summed E-state index contributed by atoms with van der Waals surface area (Å²) < 4.78 is 22.8. The number of nitrogens with zero attached hydrogens (tertiary/aromatic N) is 2. The van der Waals surface area contributed by atoms with Gasteiger partial charge in [0.15, 0.2) is 15.6 Å². The second kappa shape index (κ2) is 9.72. The standard InChI is InChI=1S/C21H24N4O5S2/c1-32(29,30)12-13-2-4-15(5-3-13)19(26)11-31-21(24-22)25(23)18-9-8-16(20(27)28)10-17(18)14-6-7-14/h2-5,8-10,14H,6-7,11-12,22-23H2,1H3,(H,27,28)/b24-21+. The molecule has 0 aliphatic heterocycles. The van der Waals surface area contributed by atoms with Gasteiger partial charge in [-0.15, -0.1) is 0 Å². The third-order valence-corrected chi connectivity index (χ3v) is 6.73. The molecule has 0 aromatic heterocycles. The number of Topliss-reactive ketones (excluding diaryl/α,β-unsaturated/α-hetero) is 1. The first-order chi connectivity index (χ1) is 15.1. The number of ketones is 1. The number of hydrogen-bond acceptors (Lipinski definition) is 8. The number of hydrazine groups is 1. The first-order valence-corrected chi connectivity index (χ1v) is 12.8. The van der Waals surface area contributed by atoms with Crippen LogP contribution in [0.5, 0.6) is 0 Å². The molecule has 3 rings (SSSR count). The molecule has 170 valence electrons. The van der Waals surface area contributed by atoms with Crippen molar-refractivity contribution < 1.29 is 23.1 Å². The zero-order valence-electron chi connectivity index (χ0n) is 17.4. The van der Waals surface area contributed by atoms with Crippen molar-refractivity contribution in [2.75, 3.05) is 17.0 Å². The monoisotopic (exact) mass is 476 g/mol. The lowest BCUT2D eigenvalue weighted by atomic mass is 10.0. The molecule has 2 aromatic rings. The lowest BCUT2D eigenvalue weighted by Gasteiger charge is -2.22. The summed E-state index contributed by atoms with van der Waals surface area (Å²) in [4.78, 5) is 23.9. The largest absolute Gasteiger partial charge is 0.478 e. The number of thioether (sulfide) groups is 1. The maximum atomic E-state index is 12.6. The van der Waals surface area contributed by atoms with Crippen molar-refractivity contribution in [2.45, 2.75) is 24.5 Å². The quantitative estimate of drug-likeness (QED) is 0.171. The van der Waals surface area contributed by atoms with Gasteiger partial charge in [0.1, 0.15) is 0 Å². The summed E-state index contributed by atoms with van der Waals surface area (Å²) in [6, 6.07) is 11.1. The summed E-state index contributed by atoms with van der Waals surface area (Å²) in [6.45, 7) is 0. The van der Waals surface area contributed by atoms with Crippen molar-refractivity contribution in [3.05, 3.63) is 64.7 Å². The van der Waals surface area contributed by atoms with Gasteiger partial charge in [-0.1, -0.05) is 36.0 Å². The van der Waals surface area contributed by atoms with E-state index in [4.69, 9.17) is 11.7 Å². The molecule has 9 nitrogen and oxygen atoms in total. The second-order valence-electron chi connectivity index (χ2n) is 7.61. The molecule has 1 saturated carbocycles. The lowest BCUT2D eigenvalue weighted by Crippen LogP contribution is -2.37. The number of carboxylic acids is 1. The highest BCUT2D eigenvalue weighted by atomic mass is 32.2. The molecule has 0 amide bonds. The molecule has 11 heteroatoms. The third kappa shape index (κ3) is 6.09. The number of carbonyl (C=O) groups excluding carboxylic acids is 1. The van der Waals surface area contributed by atoms with Crippen LogP contribution < -0.4 is 16.7 Å². The molecule has 1 fully saturated rings. The highest BCUT2D eigenvalue weighted by Crippen LogP contribution is 2.44. The van der Waals surface area contributed by atoms with Crippen molar-refractivity contribution >= 4 is 44.2 Å². The van der Waals surface area contributed by atoms with E-state index in [1.54, 1.807) is 36.4 Å². The SMILES string of the molecule is CS(=O)(=O)Cc1ccc(C(=O)CS/C(=N/N)N(N)c2ccc(C(=O)O)cc2C2CC2)cc1. The minimum atomic E-state index is -3.15. The molecule has 0 spiro atoms. The molecule has 1 aliphatic carbocycles. The van der Waals surface area contributed by atoms with Gasteiger partial charge in [0, 0.05) is 11.8 Å². The van der Waals surface area contributed by atoms with Gasteiger partial charge in [-0.25, -0.2) is 19.1 Å². The van der Waals surface area contributed by atoms with Crippen molar-refractivity contribution in [3.63, 3.8) is 0 Å². The van der Waals surface area contributed by atoms with Crippen LogP contribution in [0.25, 0.3) is 0 Å². The second-order valence-corrected chi connectivity index (χ2v) is 10.7. The summed E-state index contributed by atoms with van der Waals surface area (Å²) in [5.74, 6) is 10.7. The average molecular weight is 477 g/mol. The summed E-state index contributed by atoms with van der Waals surface area (Å²) in [6.07, 6.45) is 3.04. The van der Waals surface area contributed by atoms with Crippen LogP contribution >= 0.6 is 11.8 Å². The van der Waals surface area contributed by atoms with Gasteiger partial charge >= 0.3 is 5.97 Å². The normalized spacial score (nSPS) is 14.2. The number of nitrogens with two attached hydrogens (primary N) is 2. The lowest BCUT2D eigenvalue weighted by molar-refractivity contribution is 0.0696. The van der Waals surface area contributed by atoms with Crippen molar-refractivity contribution in [3.8, 4) is 0 Å². The highest BCUT2D eigenvalue weighted by molar-refractivity contribution is 8.14. The number of amidine groups is 1. The Bertz CT molecular complexity index is 1160. The number of anilines is 1. The van der Waals surface area contributed by atoms with E-state index >= 15 is 0 Å². The van der Waals surface area contributed by atoms with Gasteiger partial charge in [-0.2, -0.15) is 5.10 Å². The van der Waals surface area contributed by atoms with Crippen LogP contribution in [0, 0.1) is 0 Å². The minimum Gasteiger partial charge on any atom is -0.478 e. The van der Waals surface area contributed by atoms with Gasteiger partial charge < -0.3 is 10.9 Å². The molecule has 2 aromatic carbocycles. The van der Waals surface area contributed by atoms with E-state index in [0.717, 1.165) is 36.4 Å². The Kier molecular flexibility index (Phi) is 7.22. The Balaban J connectivity index is 1.69. The van der Waals surface area contributed by atoms with Crippen LogP contribution in [0.1, 0.15) is 50.6 Å². The first kappa shape index (κ1) is 23.8. The van der Waals surface area contributed by atoms with Crippen molar-refractivity contribution in [1.29, 1.82) is 0 Å². The van der Waals surface area contributed by atoms with E-state index in [0.29, 0.717) is 16.8 Å². The van der Waals surface area contributed by atoms with Crippen LogP contribution in [0.15, 0.2) is 47.6 Å². The summed E-state index contributed by atoms with van der Waals surface area (Å²) in [5, 5.41) is 14.4. The fourth-order valence-corrected chi connectivity index (χ4v) is 4.74.